The average Bonchev–Trinajstić information content (AvgIpc) is 2.39. The van der Waals surface area contributed by atoms with Crippen molar-refractivity contribution in [2.75, 3.05) is 24.6 Å². The number of anilines is 1. The molecule has 1 aromatic carbocycles. The van der Waals surface area contributed by atoms with Crippen LogP contribution in [0.2, 0.25) is 0 Å². The molecular formula is C16H25NO. The van der Waals surface area contributed by atoms with Crippen LogP contribution in [0.4, 0.5) is 5.69 Å². The lowest BCUT2D eigenvalue weighted by molar-refractivity contribution is 0.0967. The molecule has 1 aliphatic rings. The van der Waals surface area contributed by atoms with E-state index in [2.05, 4.69) is 49.9 Å². The normalized spacial score (nSPS) is 23.1. The van der Waals surface area contributed by atoms with E-state index in [1.807, 2.05) is 0 Å². The van der Waals surface area contributed by atoms with Crippen molar-refractivity contribution in [2.45, 2.75) is 33.6 Å². The summed E-state index contributed by atoms with van der Waals surface area (Å²) in [6.07, 6.45) is 2.24. The molecule has 2 nitrogen and oxygen atoms in total. The van der Waals surface area contributed by atoms with E-state index in [0.717, 1.165) is 25.9 Å². The minimum atomic E-state index is 0.259. The maximum absolute atomic E-state index is 9.55. The largest absolute Gasteiger partial charge is 0.396 e. The van der Waals surface area contributed by atoms with Crippen molar-refractivity contribution < 1.29 is 5.11 Å². The summed E-state index contributed by atoms with van der Waals surface area (Å²) in [5.74, 6) is 0.372. The minimum Gasteiger partial charge on any atom is -0.396 e. The number of piperidine rings is 1. The molecule has 1 N–H and O–H groups in total. The molecule has 100 valence electrons. The molecule has 0 spiro atoms. The number of aryl methyl sites for hydroxylation is 1. The molecule has 0 aliphatic carbocycles. The van der Waals surface area contributed by atoms with Gasteiger partial charge in [0.15, 0.2) is 0 Å². The first-order valence-electron chi connectivity index (χ1n) is 7.01. The molecule has 1 saturated heterocycles. The van der Waals surface area contributed by atoms with Crippen molar-refractivity contribution in [3.8, 4) is 0 Å². The van der Waals surface area contributed by atoms with Crippen LogP contribution in [-0.4, -0.2) is 24.8 Å². The van der Waals surface area contributed by atoms with Crippen molar-refractivity contribution in [1.29, 1.82) is 0 Å². The molecule has 1 aromatic rings. The first-order chi connectivity index (χ1) is 8.56. The third-order valence-corrected chi connectivity index (χ3v) is 4.50. The third kappa shape index (κ3) is 2.69. The summed E-state index contributed by atoms with van der Waals surface area (Å²) in [5.41, 5.74) is 2.94. The van der Waals surface area contributed by atoms with Crippen LogP contribution < -0.4 is 4.90 Å². The zero-order valence-corrected chi connectivity index (χ0v) is 11.8. The Labute approximate surface area is 111 Å². The van der Waals surface area contributed by atoms with E-state index in [1.165, 1.54) is 11.3 Å². The minimum absolute atomic E-state index is 0.259. The van der Waals surface area contributed by atoms with Crippen molar-refractivity contribution in [2.24, 2.45) is 11.3 Å². The highest BCUT2D eigenvalue weighted by atomic mass is 16.3. The Hall–Kier alpha value is -1.02. The lowest BCUT2D eigenvalue weighted by Crippen LogP contribution is -2.46. The van der Waals surface area contributed by atoms with Crippen molar-refractivity contribution >= 4 is 5.69 Å². The molecule has 1 heterocycles. The van der Waals surface area contributed by atoms with E-state index in [-0.39, 0.29) is 12.0 Å². The van der Waals surface area contributed by atoms with E-state index in [9.17, 15) is 5.11 Å². The first-order valence-corrected chi connectivity index (χ1v) is 7.01. The highest BCUT2D eigenvalue weighted by molar-refractivity contribution is 5.48. The first kappa shape index (κ1) is 13.4. The summed E-state index contributed by atoms with van der Waals surface area (Å²) in [6, 6.07) is 8.85. The van der Waals surface area contributed by atoms with E-state index in [4.69, 9.17) is 0 Å². The Kier molecular flexibility index (Phi) is 3.96. The fourth-order valence-electron chi connectivity index (χ4n) is 2.71. The Morgan fingerprint density at radius 3 is 2.50 bits per heavy atom. The van der Waals surface area contributed by atoms with Crippen LogP contribution in [0.3, 0.4) is 0 Å². The number of hydrogen-bond donors (Lipinski definition) is 1. The molecule has 2 heteroatoms. The van der Waals surface area contributed by atoms with Crippen molar-refractivity contribution in [3.05, 3.63) is 29.8 Å². The highest BCUT2D eigenvalue weighted by Gasteiger charge is 2.34. The molecule has 0 bridgehead atoms. The Balaban J connectivity index is 2.10. The molecule has 1 unspecified atom stereocenters. The van der Waals surface area contributed by atoms with Crippen LogP contribution in [0.1, 0.15) is 32.8 Å². The van der Waals surface area contributed by atoms with Gasteiger partial charge in [-0.15, -0.1) is 0 Å². The van der Waals surface area contributed by atoms with E-state index in [0.29, 0.717) is 5.92 Å². The summed E-state index contributed by atoms with van der Waals surface area (Å²) in [7, 11) is 0. The van der Waals surface area contributed by atoms with Gasteiger partial charge in [-0.3, -0.25) is 0 Å². The van der Waals surface area contributed by atoms with Gasteiger partial charge in [-0.1, -0.05) is 32.9 Å². The van der Waals surface area contributed by atoms with Gasteiger partial charge in [-0.05, 0) is 36.0 Å². The van der Waals surface area contributed by atoms with Crippen LogP contribution >= 0.6 is 0 Å². The fraction of sp³-hybridized carbons (Fsp3) is 0.625. The monoisotopic (exact) mass is 247 g/mol. The average molecular weight is 247 g/mol. The molecule has 1 fully saturated rings. The Morgan fingerprint density at radius 1 is 1.28 bits per heavy atom. The summed E-state index contributed by atoms with van der Waals surface area (Å²) >= 11 is 0. The lowest BCUT2D eigenvalue weighted by Gasteiger charge is -2.44. The van der Waals surface area contributed by atoms with Gasteiger partial charge in [0.1, 0.15) is 0 Å². The second kappa shape index (κ2) is 5.31. The van der Waals surface area contributed by atoms with Crippen LogP contribution in [0.25, 0.3) is 0 Å². The van der Waals surface area contributed by atoms with Gasteiger partial charge in [0.05, 0.1) is 0 Å². The standard InChI is InChI=1S/C16H25NO/c1-4-13-5-7-15(8-6-13)17-10-9-16(2,3)14(11-17)12-18/h5-8,14,18H,4,9-12H2,1-3H3. The molecule has 1 atom stereocenters. The molecule has 0 aromatic heterocycles. The molecule has 0 amide bonds. The fourth-order valence-corrected chi connectivity index (χ4v) is 2.71. The topological polar surface area (TPSA) is 23.5 Å². The summed E-state index contributed by atoms with van der Waals surface area (Å²) < 4.78 is 0. The van der Waals surface area contributed by atoms with Crippen LogP contribution in [-0.2, 0) is 6.42 Å². The van der Waals surface area contributed by atoms with Gasteiger partial charge < -0.3 is 10.0 Å². The van der Waals surface area contributed by atoms with Gasteiger partial charge in [0.25, 0.3) is 0 Å². The van der Waals surface area contributed by atoms with Crippen molar-refractivity contribution in [3.63, 3.8) is 0 Å². The maximum atomic E-state index is 9.55. The molecule has 2 rings (SSSR count). The predicted octanol–water partition coefficient (Wildman–Crippen LogP) is 3.09. The highest BCUT2D eigenvalue weighted by Crippen LogP contribution is 2.36. The summed E-state index contributed by atoms with van der Waals surface area (Å²) in [6.45, 7) is 9.07. The Bertz CT molecular complexity index is 383. The van der Waals surface area contributed by atoms with E-state index < -0.39 is 0 Å². The number of aliphatic hydroxyl groups excluding tert-OH is 1. The number of benzene rings is 1. The number of nitrogens with zero attached hydrogens (tertiary/aromatic N) is 1. The van der Waals surface area contributed by atoms with E-state index >= 15 is 0 Å². The van der Waals surface area contributed by atoms with Gasteiger partial charge in [0.2, 0.25) is 0 Å². The number of aliphatic hydroxyl groups is 1. The zero-order chi connectivity index (χ0) is 13.2. The number of rotatable bonds is 3. The molecule has 1 aliphatic heterocycles. The molecular weight excluding hydrogens is 222 g/mol. The predicted molar refractivity (Wildman–Crippen MR) is 77.0 cm³/mol. The molecule has 18 heavy (non-hydrogen) atoms. The quantitative estimate of drug-likeness (QED) is 0.887. The van der Waals surface area contributed by atoms with Gasteiger partial charge in [-0.25, -0.2) is 0 Å². The summed E-state index contributed by atoms with van der Waals surface area (Å²) in [4.78, 5) is 2.41. The SMILES string of the molecule is CCc1ccc(N2CCC(C)(C)C(CO)C2)cc1. The lowest BCUT2D eigenvalue weighted by atomic mass is 9.73. The number of hydrogen-bond acceptors (Lipinski definition) is 2. The maximum Gasteiger partial charge on any atom is 0.0481 e. The van der Waals surface area contributed by atoms with Crippen molar-refractivity contribution in [1.82, 2.24) is 0 Å². The van der Waals surface area contributed by atoms with Gasteiger partial charge in [0, 0.05) is 31.3 Å². The van der Waals surface area contributed by atoms with Crippen LogP contribution in [0, 0.1) is 11.3 Å². The second-order valence-corrected chi connectivity index (χ2v) is 6.08. The van der Waals surface area contributed by atoms with Crippen LogP contribution in [0.5, 0.6) is 0 Å². The zero-order valence-electron chi connectivity index (χ0n) is 11.8. The molecule has 0 saturated carbocycles. The van der Waals surface area contributed by atoms with E-state index in [1.54, 1.807) is 0 Å². The third-order valence-electron chi connectivity index (χ3n) is 4.50. The van der Waals surface area contributed by atoms with Crippen LogP contribution in [0.15, 0.2) is 24.3 Å². The molecule has 0 radical (unpaired) electrons. The van der Waals surface area contributed by atoms with Gasteiger partial charge >= 0.3 is 0 Å². The summed E-state index contributed by atoms with van der Waals surface area (Å²) in [5, 5.41) is 9.55. The second-order valence-electron chi connectivity index (χ2n) is 6.08. The smallest absolute Gasteiger partial charge is 0.0481 e. The Morgan fingerprint density at radius 2 is 1.94 bits per heavy atom. The van der Waals surface area contributed by atoms with Gasteiger partial charge in [-0.2, -0.15) is 0 Å².